The zero-order chi connectivity index (χ0) is 23.2. The van der Waals surface area contributed by atoms with E-state index in [1.807, 2.05) is 61.6 Å². The minimum atomic E-state index is -0.444. The maximum atomic E-state index is 12.9. The van der Waals surface area contributed by atoms with E-state index < -0.39 is 6.10 Å². The molecule has 1 amide bonds. The molecule has 0 radical (unpaired) electrons. The molecule has 3 aliphatic heterocycles. The second-order valence-corrected chi connectivity index (χ2v) is 8.92. The van der Waals surface area contributed by atoms with Crippen LogP contribution in [-0.4, -0.2) is 37.2 Å². The first-order valence-corrected chi connectivity index (χ1v) is 11.4. The summed E-state index contributed by atoms with van der Waals surface area (Å²) in [5, 5.41) is 2.90. The molecule has 0 saturated carbocycles. The molecule has 3 aliphatic rings. The van der Waals surface area contributed by atoms with Crippen LogP contribution in [-0.2, 0) is 22.4 Å². The van der Waals surface area contributed by atoms with Crippen molar-refractivity contribution in [3.63, 3.8) is 0 Å². The predicted octanol–water partition coefficient (Wildman–Crippen LogP) is 4.04. The molecule has 1 N–H and O–H groups in total. The summed E-state index contributed by atoms with van der Waals surface area (Å²) in [7, 11) is 2.04. The van der Waals surface area contributed by atoms with Crippen molar-refractivity contribution in [1.29, 1.82) is 0 Å². The molecule has 7 heteroatoms. The van der Waals surface area contributed by atoms with Gasteiger partial charge >= 0.3 is 5.97 Å². The van der Waals surface area contributed by atoms with Crippen LogP contribution in [0.5, 0.6) is 11.5 Å². The number of likely N-dealkylation sites (N-methyl/N-ethyl adjacent to an activating group) is 1. The van der Waals surface area contributed by atoms with E-state index >= 15 is 0 Å². The summed E-state index contributed by atoms with van der Waals surface area (Å²) in [6.07, 6.45) is 0.713. The van der Waals surface area contributed by atoms with Gasteiger partial charge in [0.2, 0.25) is 12.7 Å². The summed E-state index contributed by atoms with van der Waals surface area (Å²) in [6.45, 7) is 1.06. The molecule has 3 heterocycles. The van der Waals surface area contributed by atoms with Gasteiger partial charge in [0.1, 0.15) is 6.10 Å². The van der Waals surface area contributed by atoms with Gasteiger partial charge in [-0.05, 0) is 54.4 Å². The van der Waals surface area contributed by atoms with Crippen LogP contribution in [0.4, 0.5) is 5.69 Å². The van der Waals surface area contributed by atoms with Crippen molar-refractivity contribution in [1.82, 2.24) is 4.90 Å². The Morgan fingerprint density at radius 2 is 1.82 bits per heavy atom. The van der Waals surface area contributed by atoms with Crippen molar-refractivity contribution >= 4 is 17.6 Å². The summed E-state index contributed by atoms with van der Waals surface area (Å²) < 4.78 is 17.1. The van der Waals surface area contributed by atoms with Gasteiger partial charge in [0, 0.05) is 17.8 Å². The highest BCUT2D eigenvalue weighted by Crippen LogP contribution is 2.48. The lowest BCUT2D eigenvalue weighted by atomic mass is 9.86. The maximum Gasteiger partial charge on any atom is 0.339 e. The number of nitrogens with zero attached hydrogens (tertiary/aromatic N) is 1. The fourth-order valence-electron chi connectivity index (χ4n) is 5.08. The number of ether oxygens (including phenoxy) is 3. The Hall–Kier alpha value is -3.84. The summed E-state index contributed by atoms with van der Waals surface area (Å²) in [5.41, 5.74) is 5.10. The average Bonchev–Trinajstić information content (AvgIpc) is 3.42. The highest BCUT2D eigenvalue weighted by molar-refractivity contribution is 5.98. The molecule has 0 aliphatic carbocycles. The number of anilines is 1. The molecule has 34 heavy (non-hydrogen) atoms. The van der Waals surface area contributed by atoms with E-state index in [9.17, 15) is 9.59 Å². The molecule has 2 atom stereocenters. The number of carbonyl (C=O) groups is 2. The molecule has 0 saturated heterocycles. The Morgan fingerprint density at radius 3 is 2.65 bits per heavy atom. The van der Waals surface area contributed by atoms with Crippen molar-refractivity contribution in [2.45, 2.75) is 25.0 Å². The van der Waals surface area contributed by atoms with Crippen molar-refractivity contribution in [2.75, 3.05) is 25.7 Å². The van der Waals surface area contributed by atoms with Crippen LogP contribution < -0.4 is 14.8 Å². The SMILES string of the molecule is CN1CCc2cc3c(cc2C1C1OC(=O)c2cc(NC(=O)Cc4ccccc4)ccc21)OCO3. The molecule has 0 spiro atoms. The van der Waals surface area contributed by atoms with E-state index in [2.05, 4.69) is 10.2 Å². The van der Waals surface area contributed by atoms with Gasteiger partial charge in [0.05, 0.1) is 18.0 Å². The van der Waals surface area contributed by atoms with Gasteiger partial charge in [-0.25, -0.2) is 4.79 Å². The van der Waals surface area contributed by atoms with Gasteiger partial charge in [-0.1, -0.05) is 36.4 Å². The Labute approximate surface area is 197 Å². The van der Waals surface area contributed by atoms with E-state index in [1.165, 1.54) is 5.56 Å². The molecule has 3 aromatic rings. The van der Waals surface area contributed by atoms with E-state index in [1.54, 1.807) is 6.07 Å². The van der Waals surface area contributed by atoms with Gasteiger partial charge in [0.25, 0.3) is 0 Å². The lowest BCUT2D eigenvalue weighted by molar-refractivity contribution is -0.115. The maximum absolute atomic E-state index is 12.9. The third kappa shape index (κ3) is 3.58. The average molecular weight is 456 g/mol. The second-order valence-electron chi connectivity index (χ2n) is 8.92. The normalized spacial score (nSPS) is 20.4. The third-order valence-corrected chi connectivity index (χ3v) is 6.75. The van der Waals surface area contributed by atoms with Crippen molar-refractivity contribution in [3.8, 4) is 11.5 Å². The number of amides is 1. The largest absolute Gasteiger partial charge is 0.454 e. The fourth-order valence-corrected chi connectivity index (χ4v) is 5.08. The van der Waals surface area contributed by atoms with Crippen molar-refractivity contribution in [3.05, 3.63) is 88.5 Å². The van der Waals surface area contributed by atoms with Gasteiger partial charge < -0.3 is 19.5 Å². The Morgan fingerprint density at radius 1 is 1.03 bits per heavy atom. The van der Waals surface area contributed by atoms with Crippen LogP contribution in [0.3, 0.4) is 0 Å². The summed E-state index contributed by atoms with van der Waals surface area (Å²) in [4.78, 5) is 27.6. The van der Waals surface area contributed by atoms with Crippen molar-refractivity contribution in [2.24, 2.45) is 0 Å². The summed E-state index contributed by atoms with van der Waals surface area (Å²) in [5.74, 6) is 0.980. The number of esters is 1. The zero-order valence-corrected chi connectivity index (χ0v) is 18.7. The summed E-state index contributed by atoms with van der Waals surface area (Å²) in [6, 6.07) is 18.9. The van der Waals surface area contributed by atoms with E-state index in [0.29, 0.717) is 11.3 Å². The standard InChI is InChI=1S/C27H24N2O5/c1-29-10-9-17-12-22-23(33-15-32-22)14-20(17)25(29)26-19-8-7-18(13-21(19)27(31)34-26)28-24(30)11-16-5-3-2-4-6-16/h2-8,12-14,25-26H,9-11,15H2,1H3,(H,28,30). The minimum absolute atomic E-state index is 0.133. The molecule has 3 aromatic carbocycles. The molecule has 0 aromatic heterocycles. The van der Waals surface area contributed by atoms with Crippen LogP contribution in [0, 0.1) is 0 Å². The number of fused-ring (bicyclic) bond motifs is 3. The number of hydrogen-bond donors (Lipinski definition) is 1. The lowest BCUT2D eigenvalue weighted by Gasteiger charge is -2.37. The highest BCUT2D eigenvalue weighted by atomic mass is 16.7. The van der Waals surface area contributed by atoms with Crippen LogP contribution >= 0.6 is 0 Å². The smallest absolute Gasteiger partial charge is 0.339 e. The molecule has 2 unspecified atom stereocenters. The molecule has 172 valence electrons. The zero-order valence-electron chi connectivity index (χ0n) is 18.7. The highest BCUT2D eigenvalue weighted by Gasteiger charge is 2.42. The van der Waals surface area contributed by atoms with Crippen LogP contribution in [0.25, 0.3) is 0 Å². The lowest BCUT2D eigenvalue weighted by Crippen LogP contribution is -2.36. The fraction of sp³-hybridized carbons (Fsp3) is 0.259. The topological polar surface area (TPSA) is 77.1 Å². The second kappa shape index (κ2) is 8.18. The van der Waals surface area contributed by atoms with Gasteiger partial charge in [-0.15, -0.1) is 0 Å². The van der Waals surface area contributed by atoms with Crippen LogP contribution in [0.1, 0.15) is 44.8 Å². The Kier molecular flexibility index (Phi) is 4.99. The molecule has 0 bridgehead atoms. The number of carbonyl (C=O) groups excluding carboxylic acids is 2. The minimum Gasteiger partial charge on any atom is -0.454 e. The van der Waals surface area contributed by atoms with E-state index in [4.69, 9.17) is 14.2 Å². The molecule has 6 rings (SSSR count). The first kappa shape index (κ1) is 20.7. The monoisotopic (exact) mass is 456 g/mol. The van der Waals surface area contributed by atoms with Crippen molar-refractivity contribution < 1.29 is 23.8 Å². The molecule has 7 nitrogen and oxygen atoms in total. The quantitative estimate of drug-likeness (QED) is 0.598. The third-order valence-electron chi connectivity index (χ3n) is 6.75. The van der Waals surface area contributed by atoms with Crippen LogP contribution in [0.2, 0.25) is 0 Å². The first-order chi connectivity index (χ1) is 16.6. The van der Waals surface area contributed by atoms with Crippen LogP contribution in [0.15, 0.2) is 60.7 Å². The Balaban J connectivity index is 1.28. The van der Waals surface area contributed by atoms with E-state index in [0.717, 1.165) is 41.2 Å². The number of cyclic esters (lactones) is 1. The first-order valence-electron chi connectivity index (χ1n) is 11.4. The van der Waals surface area contributed by atoms with Gasteiger partial charge in [-0.2, -0.15) is 0 Å². The number of nitrogens with one attached hydrogen (secondary N) is 1. The number of hydrogen-bond acceptors (Lipinski definition) is 6. The predicted molar refractivity (Wildman–Crippen MR) is 125 cm³/mol. The van der Waals surface area contributed by atoms with Gasteiger partial charge in [0.15, 0.2) is 11.5 Å². The number of rotatable bonds is 4. The van der Waals surface area contributed by atoms with Gasteiger partial charge in [-0.3, -0.25) is 9.69 Å². The summed E-state index contributed by atoms with van der Waals surface area (Å²) >= 11 is 0. The Bertz CT molecular complexity index is 1290. The molecular weight excluding hydrogens is 432 g/mol. The number of benzene rings is 3. The molecule has 0 fully saturated rings. The van der Waals surface area contributed by atoms with E-state index in [-0.39, 0.29) is 31.1 Å². The molecular formula is C27H24N2O5.